The van der Waals surface area contributed by atoms with Crippen LogP contribution in [0.5, 0.6) is 0 Å². The van der Waals surface area contributed by atoms with Crippen molar-refractivity contribution in [2.24, 2.45) is 0 Å². The number of pyridine rings is 1. The fourth-order valence-electron chi connectivity index (χ4n) is 1.75. The molecule has 0 aliphatic heterocycles. The molecule has 0 amide bonds. The second-order valence-corrected chi connectivity index (χ2v) is 4.86. The van der Waals surface area contributed by atoms with E-state index < -0.39 is 5.97 Å². The number of hydrogen-bond acceptors (Lipinski definition) is 4. The summed E-state index contributed by atoms with van der Waals surface area (Å²) in [5.41, 5.74) is 0.461. The van der Waals surface area contributed by atoms with Gasteiger partial charge in [-0.05, 0) is 40.2 Å². The molecule has 3 rings (SSSR count). The first kappa shape index (κ1) is 12.6. The number of aromatic nitrogens is 3. The van der Waals surface area contributed by atoms with Crippen molar-refractivity contribution in [2.75, 3.05) is 0 Å². The molecule has 100 valence electrons. The number of halogens is 1. The number of rotatable bonds is 3. The highest BCUT2D eigenvalue weighted by Crippen LogP contribution is 2.24. The van der Waals surface area contributed by atoms with Crippen LogP contribution in [0.3, 0.4) is 0 Å². The fraction of sp³-hybridized carbons (Fsp3) is 0. The Bertz CT molecular complexity index is 748. The number of carboxylic acids is 1. The highest BCUT2D eigenvalue weighted by molar-refractivity contribution is 9.10. The van der Waals surface area contributed by atoms with Gasteiger partial charge in [0.1, 0.15) is 5.69 Å². The van der Waals surface area contributed by atoms with Crippen LogP contribution in [-0.2, 0) is 0 Å². The third kappa shape index (κ3) is 2.23. The third-order valence-electron chi connectivity index (χ3n) is 2.63. The molecule has 0 aromatic carbocycles. The van der Waals surface area contributed by atoms with E-state index in [1.54, 1.807) is 30.5 Å². The maximum absolute atomic E-state index is 11.1. The van der Waals surface area contributed by atoms with Crippen molar-refractivity contribution in [3.05, 3.63) is 53.0 Å². The van der Waals surface area contributed by atoms with Gasteiger partial charge in [-0.2, -0.15) is 5.10 Å². The van der Waals surface area contributed by atoms with Crippen molar-refractivity contribution in [1.29, 1.82) is 0 Å². The molecule has 0 bridgehead atoms. The van der Waals surface area contributed by atoms with E-state index >= 15 is 0 Å². The van der Waals surface area contributed by atoms with Gasteiger partial charge >= 0.3 is 5.97 Å². The highest BCUT2D eigenvalue weighted by atomic mass is 79.9. The summed E-state index contributed by atoms with van der Waals surface area (Å²) in [5.74, 6) is -0.0736. The minimum Gasteiger partial charge on any atom is -0.476 e. The average molecular weight is 334 g/mol. The Morgan fingerprint density at radius 3 is 2.80 bits per heavy atom. The first-order chi connectivity index (χ1) is 9.65. The van der Waals surface area contributed by atoms with E-state index in [9.17, 15) is 4.79 Å². The summed E-state index contributed by atoms with van der Waals surface area (Å²) in [6.07, 6.45) is 3.13. The molecule has 3 heterocycles. The van der Waals surface area contributed by atoms with Gasteiger partial charge in [-0.1, -0.05) is 0 Å². The van der Waals surface area contributed by atoms with Gasteiger partial charge in [0, 0.05) is 16.7 Å². The first-order valence-electron chi connectivity index (χ1n) is 5.64. The normalized spacial score (nSPS) is 10.7. The molecular weight excluding hydrogens is 326 g/mol. The van der Waals surface area contributed by atoms with Crippen molar-refractivity contribution in [3.8, 4) is 17.3 Å². The first-order valence-corrected chi connectivity index (χ1v) is 6.43. The van der Waals surface area contributed by atoms with Crippen LogP contribution in [0.15, 0.2) is 51.7 Å². The Morgan fingerprint density at radius 2 is 2.20 bits per heavy atom. The van der Waals surface area contributed by atoms with Gasteiger partial charge in [0.05, 0.1) is 6.26 Å². The monoisotopic (exact) mass is 333 g/mol. The largest absolute Gasteiger partial charge is 0.476 e. The van der Waals surface area contributed by atoms with Crippen LogP contribution in [-0.4, -0.2) is 25.8 Å². The van der Waals surface area contributed by atoms with E-state index in [1.165, 1.54) is 17.0 Å². The summed E-state index contributed by atoms with van der Waals surface area (Å²) < 4.78 is 7.57. The molecule has 1 N–H and O–H groups in total. The molecule has 0 atom stereocenters. The van der Waals surface area contributed by atoms with Gasteiger partial charge in [0.15, 0.2) is 17.3 Å². The van der Waals surface area contributed by atoms with Crippen molar-refractivity contribution >= 4 is 21.9 Å². The average Bonchev–Trinajstić information content (AvgIpc) is 3.08. The second-order valence-electron chi connectivity index (χ2n) is 3.94. The summed E-state index contributed by atoms with van der Waals surface area (Å²) in [6.45, 7) is 0. The maximum atomic E-state index is 11.1. The van der Waals surface area contributed by atoms with Crippen molar-refractivity contribution in [3.63, 3.8) is 0 Å². The van der Waals surface area contributed by atoms with Crippen LogP contribution in [0.4, 0.5) is 0 Å². The lowest BCUT2D eigenvalue weighted by atomic mass is 10.3. The maximum Gasteiger partial charge on any atom is 0.356 e. The van der Waals surface area contributed by atoms with Crippen LogP contribution in [0, 0.1) is 0 Å². The van der Waals surface area contributed by atoms with Gasteiger partial charge < -0.3 is 9.52 Å². The molecule has 20 heavy (non-hydrogen) atoms. The summed E-state index contributed by atoms with van der Waals surface area (Å²) >= 11 is 3.30. The number of furan rings is 1. The van der Waals surface area contributed by atoms with Gasteiger partial charge in [-0.3, -0.25) is 0 Å². The van der Waals surface area contributed by atoms with Crippen LogP contribution in [0.1, 0.15) is 10.5 Å². The van der Waals surface area contributed by atoms with E-state index in [1.807, 2.05) is 0 Å². The van der Waals surface area contributed by atoms with Crippen molar-refractivity contribution in [2.45, 2.75) is 0 Å². The van der Waals surface area contributed by atoms with Gasteiger partial charge in [0.2, 0.25) is 0 Å². The Hall–Kier alpha value is -2.41. The molecule has 0 spiro atoms. The smallest absolute Gasteiger partial charge is 0.356 e. The Kier molecular flexibility index (Phi) is 3.11. The molecule has 3 aromatic heterocycles. The molecule has 6 nitrogen and oxygen atoms in total. The molecule has 0 unspecified atom stereocenters. The molecule has 0 aliphatic carbocycles. The Morgan fingerprint density at radius 1 is 1.35 bits per heavy atom. The topological polar surface area (TPSA) is 81.1 Å². The molecule has 0 aliphatic rings. The minimum absolute atomic E-state index is 0.0684. The second kappa shape index (κ2) is 4.93. The Labute approximate surface area is 121 Å². The van der Waals surface area contributed by atoms with Crippen LogP contribution in [0.2, 0.25) is 0 Å². The van der Waals surface area contributed by atoms with Crippen LogP contribution < -0.4 is 0 Å². The summed E-state index contributed by atoms with van der Waals surface area (Å²) in [5, 5.41) is 13.1. The number of hydrogen-bond donors (Lipinski definition) is 1. The molecule has 0 saturated carbocycles. The predicted octanol–water partition coefficient (Wildman–Crippen LogP) is 2.99. The molecule has 7 heteroatoms. The molecule has 0 radical (unpaired) electrons. The summed E-state index contributed by atoms with van der Waals surface area (Å²) in [4.78, 5) is 15.3. The van der Waals surface area contributed by atoms with Crippen LogP contribution in [0.25, 0.3) is 17.3 Å². The zero-order valence-corrected chi connectivity index (χ0v) is 11.6. The van der Waals surface area contributed by atoms with E-state index in [0.717, 1.165) is 4.47 Å². The van der Waals surface area contributed by atoms with E-state index in [0.29, 0.717) is 17.3 Å². The molecule has 0 fully saturated rings. The number of carboxylic acid groups (broad SMARTS) is 1. The van der Waals surface area contributed by atoms with Crippen molar-refractivity contribution < 1.29 is 14.3 Å². The van der Waals surface area contributed by atoms with Gasteiger partial charge in [-0.15, -0.1) is 0 Å². The van der Waals surface area contributed by atoms with Gasteiger partial charge in [-0.25, -0.2) is 14.5 Å². The zero-order chi connectivity index (χ0) is 14.1. The number of carbonyl (C=O) groups is 1. The minimum atomic E-state index is -1.10. The number of nitrogens with zero attached hydrogens (tertiary/aromatic N) is 3. The predicted molar refractivity (Wildman–Crippen MR) is 73.7 cm³/mol. The molecule has 0 saturated heterocycles. The molecule has 3 aromatic rings. The van der Waals surface area contributed by atoms with E-state index in [-0.39, 0.29) is 5.69 Å². The lowest BCUT2D eigenvalue weighted by molar-refractivity contribution is 0.0690. The molecular formula is C13H8BrN3O3. The lowest BCUT2D eigenvalue weighted by Crippen LogP contribution is -2.03. The summed E-state index contributed by atoms with van der Waals surface area (Å²) in [6, 6.07) is 8.44. The lowest BCUT2D eigenvalue weighted by Gasteiger charge is -2.04. The zero-order valence-electron chi connectivity index (χ0n) is 10.0. The van der Waals surface area contributed by atoms with E-state index in [2.05, 4.69) is 26.0 Å². The quantitative estimate of drug-likeness (QED) is 0.796. The fourth-order valence-corrected chi connectivity index (χ4v) is 1.99. The number of aromatic carboxylic acids is 1. The van der Waals surface area contributed by atoms with Gasteiger partial charge in [0.25, 0.3) is 0 Å². The SMILES string of the molecule is O=C(O)c1cc(-c2ccco2)n(-c2ccc(Br)cn2)n1. The Balaban J connectivity index is 2.18. The summed E-state index contributed by atoms with van der Waals surface area (Å²) in [7, 11) is 0. The van der Waals surface area contributed by atoms with Crippen molar-refractivity contribution in [1.82, 2.24) is 14.8 Å². The van der Waals surface area contributed by atoms with Crippen LogP contribution >= 0.6 is 15.9 Å². The third-order valence-corrected chi connectivity index (χ3v) is 3.10. The highest BCUT2D eigenvalue weighted by Gasteiger charge is 2.18. The standard InChI is InChI=1S/C13H8BrN3O3/c14-8-3-4-12(15-7-8)17-10(11-2-1-5-20-11)6-9(16-17)13(18)19/h1-7H,(H,18,19). The van der Waals surface area contributed by atoms with E-state index in [4.69, 9.17) is 9.52 Å².